The van der Waals surface area contributed by atoms with Gasteiger partial charge in [-0.3, -0.25) is 4.98 Å². The lowest BCUT2D eigenvalue weighted by molar-refractivity contribution is 0.293. The Kier molecular flexibility index (Phi) is 6.01. The van der Waals surface area contributed by atoms with Gasteiger partial charge in [-0.15, -0.1) is 10.2 Å². The van der Waals surface area contributed by atoms with E-state index in [0.29, 0.717) is 40.3 Å². The van der Waals surface area contributed by atoms with Crippen molar-refractivity contribution >= 4 is 39.1 Å². The van der Waals surface area contributed by atoms with Crippen LogP contribution in [0.25, 0.3) is 32.9 Å². The van der Waals surface area contributed by atoms with Crippen LogP contribution in [0.4, 0.5) is 10.2 Å². The number of anilines is 1. The molecule has 7 rings (SSSR count). The van der Waals surface area contributed by atoms with Crippen LogP contribution in [0.5, 0.6) is 6.01 Å². The third kappa shape index (κ3) is 4.33. The number of nitrogens with zero attached hydrogens (tertiary/aromatic N) is 7. The number of fused-ring (bicyclic) bond motifs is 4. The van der Waals surface area contributed by atoms with Gasteiger partial charge in [-0.05, 0) is 24.3 Å². The van der Waals surface area contributed by atoms with Crippen molar-refractivity contribution in [3.63, 3.8) is 0 Å². The second kappa shape index (κ2) is 9.69. The van der Waals surface area contributed by atoms with E-state index in [-0.39, 0.29) is 23.8 Å². The molecule has 0 amide bonds. The first-order chi connectivity index (χ1) is 19.0. The highest BCUT2D eigenvalue weighted by Crippen LogP contribution is 2.38. The summed E-state index contributed by atoms with van der Waals surface area (Å²) in [6.45, 7) is 1.84. The summed E-state index contributed by atoms with van der Waals surface area (Å²) in [6, 6.07) is 12.2. The Hall–Kier alpha value is -3.89. The van der Waals surface area contributed by atoms with E-state index in [1.807, 2.05) is 41.9 Å². The molecule has 0 radical (unpaired) electrons. The third-order valence-corrected chi connectivity index (χ3v) is 7.95. The molecule has 1 N–H and O–H groups in total. The fourth-order valence-corrected chi connectivity index (χ4v) is 6.03. The topological polar surface area (TPSA) is 93.9 Å². The van der Waals surface area contributed by atoms with Crippen LogP contribution >= 0.6 is 11.6 Å². The van der Waals surface area contributed by atoms with Crippen LogP contribution in [0, 0.1) is 5.82 Å². The summed E-state index contributed by atoms with van der Waals surface area (Å²) in [5.41, 5.74) is 0.979. The highest BCUT2D eigenvalue weighted by atomic mass is 35.5. The van der Waals surface area contributed by atoms with Crippen molar-refractivity contribution in [1.29, 1.82) is 0 Å². The number of aryl methyl sites for hydroxylation is 1. The van der Waals surface area contributed by atoms with Crippen molar-refractivity contribution in [3.05, 3.63) is 65.6 Å². The fraction of sp³-hybridized carbons (Fsp3) is 0.321. The molecule has 0 spiro atoms. The molecule has 2 aliphatic heterocycles. The van der Waals surface area contributed by atoms with Crippen molar-refractivity contribution in [3.8, 4) is 17.3 Å². The van der Waals surface area contributed by atoms with Gasteiger partial charge in [0.25, 0.3) is 0 Å². The molecule has 0 unspecified atom stereocenters. The van der Waals surface area contributed by atoms with Crippen LogP contribution in [0.3, 0.4) is 0 Å². The average Bonchev–Trinajstić information content (AvgIpc) is 3.51. The zero-order valence-corrected chi connectivity index (χ0v) is 22.1. The molecule has 9 nitrogen and oxygen atoms in total. The Morgan fingerprint density at radius 2 is 1.90 bits per heavy atom. The number of hydrogen-bond acceptors (Lipinski definition) is 8. The minimum Gasteiger partial charge on any atom is -0.463 e. The number of aromatic nitrogens is 6. The predicted molar refractivity (Wildman–Crippen MR) is 148 cm³/mol. The zero-order chi connectivity index (χ0) is 26.5. The van der Waals surface area contributed by atoms with Gasteiger partial charge in [-0.2, -0.15) is 9.97 Å². The molecule has 2 aliphatic rings. The number of pyridine rings is 1. The maximum absolute atomic E-state index is 16.4. The van der Waals surface area contributed by atoms with E-state index >= 15 is 4.39 Å². The van der Waals surface area contributed by atoms with Crippen LogP contribution in [0.1, 0.15) is 18.7 Å². The summed E-state index contributed by atoms with van der Waals surface area (Å²) in [5.74, 6) is 0.890. The van der Waals surface area contributed by atoms with Gasteiger partial charge in [0.05, 0.1) is 12.0 Å². The van der Waals surface area contributed by atoms with E-state index in [1.54, 1.807) is 18.6 Å². The lowest BCUT2D eigenvalue weighted by Crippen LogP contribution is -2.51. The van der Waals surface area contributed by atoms with Crippen LogP contribution < -0.4 is 15.0 Å². The zero-order valence-electron chi connectivity index (χ0n) is 21.3. The van der Waals surface area contributed by atoms with E-state index in [9.17, 15) is 0 Å². The number of benzene rings is 2. The highest BCUT2D eigenvalue weighted by molar-refractivity contribution is 6.36. The van der Waals surface area contributed by atoms with E-state index in [4.69, 9.17) is 21.3 Å². The molecule has 2 bridgehead atoms. The monoisotopic (exact) mass is 544 g/mol. The Morgan fingerprint density at radius 3 is 2.67 bits per heavy atom. The summed E-state index contributed by atoms with van der Waals surface area (Å²) in [6.07, 6.45) is 6.06. The lowest BCUT2D eigenvalue weighted by Gasteiger charge is -2.34. The number of piperazine rings is 1. The lowest BCUT2D eigenvalue weighted by atomic mass is 10.0. The Balaban J connectivity index is 1.33. The number of rotatable bonds is 6. The maximum Gasteiger partial charge on any atom is 0.319 e. The van der Waals surface area contributed by atoms with Crippen molar-refractivity contribution in [1.82, 2.24) is 35.0 Å². The second-order valence-electron chi connectivity index (χ2n) is 10.2. The molecule has 39 heavy (non-hydrogen) atoms. The third-order valence-electron chi connectivity index (χ3n) is 7.63. The van der Waals surface area contributed by atoms with Gasteiger partial charge in [0.15, 0.2) is 5.82 Å². The quantitative estimate of drug-likeness (QED) is 0.338. The smallest absolute Gasteiger partial charge is 0.319 e. The molecule has 3 aromatic heterocycles. The summed E-state index contributed by atoms with van der Waals surface area (Å²) in [5, 5.41) is 14.4. The SMILES string of the molecule is Cn1cnnc1CCOc1nc(N2C[C@H]3CC[C@@H](C2)N3)c2cnc(-c3cccc4cccc(Cl)c34)c(F)c2n1. The number of halogens is 2. The molecule has 0 saturated carbocycles. The normalized spacial score (nSPS) is 18.8. The van der Waals surface area contributed by atoms with Crippen LogP contribution in [0.15, 0.2) is 48.9 Å². The molecule has 198 valence electrons. The summed E-state index contributed by atoms with van der Waals surface area (Å²) in [7, 11) is 1.88. The molecule has 0 aliphatic carbocycles. The number of hydrogen-bond donors (Lipinski definition) is 1. The molecule has 2 aromatic carbocycles. The maximum atomic E-state index is 16.4. The summed E-state index contributed by atoms with van der Waals surface area (Å²) in [4.78, 5) is 16.1. The number of nitrogens with one attached hydrogen (secondary N) is 1. The molecule has 5 aromatic rings. The Bertz CT molecular complexity index is 1690. The number of ether oxygens (including phenoxy) is 1. The standard InChI is InChI=1S/C28H26ClFN8O/c1-37-15-32-36-22(37)10-11-39-28-34-26-20(27(35-28)38-13-17-8-9-18(14-38)33-17)12-31-25(24(26)30)19-6-2-4-16-5-3-7-21(29)23(16)19/h2-7,12,15,17-18,33H,8-11,13-14H2,1H3/t17-,18+. The van der Waals surface area contributed by atoms with Crippen LogP contribution in [-0.4, -0.2) is 61.5 Å². The van der Waals surface area contributed by atoms with E-state index in [0.717, 1.165) is 42.5 Å². The molecule has 11 heteroatoms. The first kappa shape index (κ1) is 24.2. The molecule has 2 atom stereocenters. The van der Waals surface area contributed by atoms with Crippen molar-refractivity contribution in [2.75, 3.05) is 24.6 Å². The fourth-order valence-electron chi connectivity index (χ4n) is 5.74. The van der Waals surface area contributed by atoms with Crippen molar-refractivity contribution in [2.45, 2.75) is 31.3 Å². The van der Waals surface area contributed by atoms with Gasteiger partial charge < -0.3 is 19.5 Å². The summed E-state index contributed by atoms with van der Waals surface area (Å²) >= 11 is 6.56. The predicted octanol–water partition coefficient (Wildman–Crippen LogP) is 4.33. The second-order valence-corrected chi connectivity index (χ2v) is 10.6. The highest BCUT2D eigenvalue weighted by Gasteiger charge is 2.34. The summed E-state index contributed by atoms with van der Waals surface area (Å²) < 4.78 is 24.2. The van der Waals surface area contributed by atoms with Gasteiger partial charge in [0.1, 0.15) is 29.2 Å². The Morgan fingerprint density at radius 1 is 1.10 bits per heavy atom. The average molecular weight is 545 g/mol. The molecule has 2 fully saturated rings. The molecular formula is C28H26ClFN8O. The Labute approximate surface area is 229 Å². The van der Waals surface area contributed by atoms with Gasteiger partial charge >= 0.3 is 6.01 Å². The van der Waals surface area contributed by atoms with Crippen molar-refractivity contribution in [2.24, 2.45) is 7.05 Å². The molecular weight excluding hydrogens is 519 g/mol. The van der Waals surface area contributed by atoms with Gasteiger partial charge in [0.2, 0.25) is 0 Å². The van der Waals surface area contributed by atoms with Crippen LogP contribution in [-0.2, 0) is 13.5 Å². The molecule has 2 saturated heterocycles. The van der Waals surface area contributed by atoms with Gasteiger partial charge in [0, 0.05) is 60.8 Å². The first-order valence-corrected chi connectivity index (χ1v) is 13.4. The van der Waals surface area contributed by atoms with E-state index in [2.05, 4.69) is 30.4 Å². The van der Waals surface area contributed by atoms with Gasteiger partial charge in [-0.25, -0.2) is 4.39 Å². The minimum atomic E-state index is -0.528. The van der Waals surface area contributed by atoms with Gasteiger partial charge in [-0.1, -0.05) is 41.9 Å². The first-order valence-electron chi connectivity index (χ1n) is 13.1. The largest absolute Gasteiger partial charge is 0.463 e. The minimum absolute atomic E-state index is 0.123. The van der Waals surface area contributed by atoms with E-state index in [1.165, 1.54) is 0 Å². The molecule has 5 heterocycles. The van der Waals surface area contributed by atoms with Crippen molar-refractivity contribution < 1.29 is 9.13 Å². The van der Waals surface area contributed by atoms with E-state index < -0.39 is 5.82 Å². The van der Waals surface area contributed by atoms with Crippen LogP contribution in [0.2, 0.25) is 5.02 Å².